The third kappa shape index (κ3) is 4.04. The number of Topliss-reactive ketones (excluding diaryl/α,β-unsaturated/α-hetero) is 1. The van der Waals surface area contributed by atoms with Crippen LogP contribution in [0.4, 0.5) is 10.1 Å². The topological polar surface area (TPSA) is 49.4 Å². The third-order valence-electron chi connectivity index (χ3n) is 5.14. The van der Waals surface area contributed by atoms with Crippen molar-refractivity contribution >= 4 is 29.0 Å². The minimum atomic E-state index is -0.802. The van der Waals surface area contributed by atoms with Gasteiger partial charge in [-0.2, -0.15) is 0 Å². The highest BCUT2D eigenvalue weighted by molar-refractivity contribution is 6.33. The van der Waals surface area contributed by atoms with E-state index >= 15 is 0 Å². The van der Waals surface area contributed by atoms with Gasteiger partial charge in [0.2, 0.25) is 5.91 Å². The number of halogens is 2. The number of rotatable bonds is 5. The molecule has 1 N–H and O–H groups in total. The molecule has 0 aromatic heterocycles. The van der Waals surface area contributed by atoms with Crippen LogP contribution in [0, 0.1) is 5.82 Å². The lowest BCUT2D eigenvalue weighted by atomic mass is 9.74. The quantitative estimate of drug-likeness (QED) is 0.826. The fraction of sp³-hybridized carbons (Fsp3) is 0.333. The van der Waals surface area contributed by atoms with E-state index in [-0.39, 0.29) is 23.3 Å². The van der Waals surface area contributed by atoms with E-state index < -0.39 is 11.4 Å². The Hall–Kier alpha value is -2.24. The van der Waals surface area contributed by atoms with Crippen LogP contribution in [0.3, 0.4) is 0 Å². The van der Waals surface area contributed by atoms with E-state index in [4.69, 9.17) is 11.6 Å². The monoisotopic (exact) mass is 388 g/mol. The van der Waals surface area contributed by atoms with Crippen LogP contribution >= 0.6 is 11.6 Å². The molecule has 27 heavy (non-hydrogen) atoms. The molecule has 1 aliphatic rings. The number of carbonyl (C=O) groups excluding carboxylic acids is 2. The fourth-order valence-corrected chi connectivity index (χ4v) is 4.00. The molecule has 142 valence electrons. The van der Waals surface area contributed by atoms with Crippen LogP contribution in [-0.4, -0.2) is 30.2 Å². The van der Waals surface area contributed by atoms with Gasteiger partial charge in [0.1, 0.15) is 11.4 Å². The van der Waals surface area contributed by atoms with Crippen LogP contribution in [0.15, 0.2) is 48.5 Å². The second-order valence-electron chi connectivity index (χ2n) is 6.88. The Morgan fingerprint density at radius 2 is 1.96 bits per heavy atom. The Bertz CT molecular complexity index is 843. The van der Waals surface area contributed by atoms with E-state index in [1.807, 2.05) is 35.2 Å². The van der Waals surface area contributed by atoms with Crippen molar-refractivity contribution in [2.45, 2.75) is 31.2 Å². The predicted molar refractivity (Wildman–Crippen MR) is 104 cm³/mol. The van der Waals surface area contributed by atoms with Crippen molar-refractivity contribution < 1.29 is 14.0 Å². The molecule has 1 atom stereocenters. The molecule has 0 saturated heterocycles. The van der Waals surface area contributed by atoms with E-state index in [0.29, 0.717) is 18.5 Å². The van der Waals surface area contributed by atoms with Gasteiger partial charge < -0.3 is 5.32 Å². The van der Waals surface area contributed by atoms with Gasteiger partial charge in [0.25, 0.3) is 0 Å². The zero-order valence-corrected chi connectivity index (χ0v) is 15.9. The largest absolute Gasteiger partial charge is 0.324 e. The highest BCUT2D eigenvalue weighted by Crippen LogP contribution is 2.39. The molecule has 3 rings (SSSR count). The van der Waals surface area contributed by atoms with Gasteiger partial charge in [0.15, 0.2) is 5.78 Å². The molecule has 2 aromatic carbocycles. The summed E-state index contributed by atoms with van der Waals surface area (Å²) in [5, 5.41) is 2.84. The van der Waals surface area contributed by atoms with Gasteiger partial charge in [-0.3, -0.25) is 14.5 Å². The number of anilines is 1. The fourth-order valence-electron chi connectivity index (χ4n) is 3.79. The maximum Gasteiger partial charge on any atom is 0.238 e. The molecule has 1 amide bonds. The van der Waals surface area contributed by atoms with Crippen molar-refractivity contribution in [1.29, 1.82) is 0 Å². The summed E-state index contributed by atoms with van der Waals surface area (Å²) in [5.74, 6) is -0.638. The molecule has 1 saturated carbocycles. The molecule has 1 aliphatic carbocycles. The summed E-state index contributed by atoms with van der Waals surface area (Å²) in [5.41, 5.74) is 0.452. The first kappa shape index (κ1) is 19.5. The van der Waals surface area contributed by atoms with E-state index in [1.165, 1.54) is 12.1 Å². The number of hydrogen-bond donors (Lipinski definition) is 1. The van der Waals surface area contributed by atoms with Crippen LogP contribution in [0.2, 0.25) is 5.02 Å². The van der Waals surface area contributed by atoms with Crippen molar-refractivity contribution in [1.82, 2.24) is 4.90 Å². The lowest BCUT2D eigenvalue weighted by molar-refractivity contribution is -0.135. The van der Waals surface area contributed by atoms with Gasteiger partial charge in [-0.15, -0.1) is 0 Å². The molecule has 0 bridgehead atoms. The molecule has 2 aromatic rings. The standard InChI is InChI=1S/C21H22ClFN2O2/c1-25(14-20(27)24-18-11-10-16(23)13-17(18)22)21(12-6-5-9-19(21)26)15-7-3-2-4-8-15/h2-4,7-8,10-11,13H,5-6,9,12,14H2,1H3,(H,24,27). The Balaban J connectivity index is 1.81. The maximum atomic E-state index is 13.2. The van der Waals surface area contributed by atoms with Gasteiger partial charge in [-0.05, 0) is 43.7 Å². The number of benzene rings is 2. The summed E-state index contributed by atoms with van der Waals surface area (Å²) in [7, 11) is 1.79. The minimum Gasteiger partial charge on any atom is -0.324 e. The van der Waals surface area contributed by atoms with Crippen LogP contribution in [0.5, 0.6) is 0 Å². The number of amides is 1. The molecule has 0 radical (unpaired) electrons. The summed E-state index contributed by atoms with van der Waals surface area (Å²) in [6, 6.07) is 13.4. The van der Waals surface area contributed by atoms with Gasteiger partial charge in [0.05, 0.1) is 17.3 Å². The summed E-state index contributed by atoms with van der Waals surface area (Å²) in [6.07, 6.45) is 2.98. The van der Waals surface area contributed by atoms with Crippen molar-refractivity contribution in [2.24, 2.45) is 0 Å². The molecule has 4 nitrogen and oxygen atoms in total. The Labute approximate surface area is 163 Å². The second-order valence-corrected chi connectivity index (χ2v) is 7.29. The Morgan fingerprint density at radius 3 is 2.63 bits per heavy atom. The Kier molecular flexibility index (Phi) is 5.92. The average molecular weight is 389 g/mol. The Morgan fingerprint density at radius 1 is 1.22 bits per heavy atom. The van der Waals surface area contributed by atoms with Crippen molar-refractivity contribution in [3.63, 3.8) is 0 Å². The molecule has 1 fully saturated rings. The van der Waals surface area contributed by atoms with Crippen molar-refractivity contribution in [3.05, 3.63) is 64.9 Å². The number of carbonyl (C=O) groups is 2. The molecule has 0 heterocycles. The van der Waals surface area contributed by atoms with Crippen molar-refractivity contribution in [2.75, 3.05) is 18.9 Å². The summed E-state index contributed by atoms with van der Waals surface area (Å²) >= 11 is 5.98. The number of hydrogen-bond acceptors (Lipinski definition) is 3. The van der Waals surface area contributed by atoms with E-state index in [0.717, 1.165) is 24.5 Å². The van der Waals surface area contributed by atoms with Gasteiger partial charge >= 0.3 is 0 Å². The molecule has 1 unspecified atom stereocenters. The SMILES string of the molecule is CN(CC(=O)Nc1ccc(F)cc1Cl)C1(c2ccccc2)CCCCC1=O. The van der Waals surface area contributed by atoms with Gasteiger partial charge in [0, 0.05) is 6.42 Å². The third-order valence-corrected chi connectivity index (χ3v) is 5.46. The van der Waals surface area contributed by atoms with E-state index in [9.17, 15) is 14.0 Å². The average Bonchev–Trinajstić information content (AvgIpc) is 2.65. The number of ketones is 1. The van der Waals surface area contributed by atoms with Crippen LogP contribution in [0.1, 0.15) is 31.2 Å². The maximum absolute atomic E-state index is 13.2. The zero-order valence-electron chi connectivity index (χ0n) is 15.2. The number of nitrogens with one attached hydrogen (secondary N) is 1. The van der Waals surface area contributed by atoms with Crippen molar-refractivity contribution in [3.8, 4) is 0 Å². The summed E-state index contributed by atoms with van der Waals surface area (Å²) < 4.78 is 13.2. The summed E-state index contributed by atoms with van der Waals surface area (Å²) in [6.45, 7) is 0.0222. The van der Waals surface area contributed by atoms with E-state index in [1.54, 1.807) is 7.05 Å². The van der Waals surface area contributed by atoms with Crippen LogP contribution in [-0.2, 0) is 15.1 Å². The molecule has 0 aliphatic heterocycles. The van der Waals surface area contributed by atoms with Crippen LogP contribution < -0.4 is 5.32 Å². The second kappa shape index (κ2) is 8.19. The molecule has 0 spiro atoms. The lowest BCUT2D eigenvalue weighted by Crippen LogP contribution is -2.53. The molecular formula is C21H22ClFN2O2. The number of nitrogens with zero attached hydrogens (tertiary/aromatic N) is 1. The van der Waals surface area contributed by atoms with Crippen LogP contribution in [0.25, 0.3) is 0 Å². The molecular weight excluding hydrogens is 367 g/mol. The van der Waals surface area contributed by atoms with Gasteiger partial charge in [-0.1, -0.05) is 48.4 Å². The number of likely N-dealkylation sites (N-methyl/N-ethyl adjacent to an activating group) is 1. The predicted octanol–water partition coefficient (Wildman–Crippen LogP) is 4.39. The highest BCUT2D eigenvalue weighted by Gasteiger charge is 2.45. The highest BCUT2D eigenvalue weighted by atomic mass is 35.5. The first-order chi connectivity index (χ1) is 12.9. The lowest BCUT2D eigenvalue weighted by Gasteiger charge is -2.43. The first-order valence-electron chi connectivity index (χ1n) is 8.98. The zero-order chi connectivity index (χ0) is 19.4. The first-order valence-corrected chi connectivity index (χ1v) is 9.36. The van der Waals surface area contributed by atoms with E-state index in [2.05, 4.69) is 5.32 Å². The minimum absolute atomic E-state index is 0.0222. The smallest absolute Gasteiger partial charge is 0.238 e. The molecule has 6 heteroatoms. The summed E-state index contributed by atoms with van der Waals surface area (Å²) in [4.78, 5) is 27.3. The van der Waals surface area contributed by atoms with Gasteiger partial charge in [-0.25, -0.2) is 4.39 Å². The normalized spacial score (nSPS) is 19.9.